The van der Waals surface area contributed by atoms with Gasteiger partial charge >= 0.3 is 5.69 Å². The number of nitrogens with zero attached hydrogens (tertiary/aromatic N) is 2. The number of rotatable bonds is 3. The van der Waals surface area contributed by atoms with E-state index in [1.54, 1.807) is 6.92 Å². The standard InChI is InChI=1S/C11H17N3O5/c1-5-3-7(12)13-11(17)14(5)10-9(18-2)8(16)6(4-15)19-10/h3,6,8-10,15-16H,4H2,1-2H3,(H2,12,13,17)/t6-,8?,9?,10-/m1/s1. The highest BCUT2D eigenvalue weighted by atomic mass is 16.6. The summed E-state index contributed by atoms with van der Waals surface area (Å²) in [7, 11) is 1.40. The highest BCUT2D eigenvalue weighted by Crippen LogP contribution is 2.31. The number of aliphatic hydroxyl groups is 2. The number of aliphatic hydroxyl groups excluding tert-OH is 2. The number of hydrogen-bond donors (Lipinski definition) is 3. The molecule has 8 nitrogen and oxygen atoms in total. The molecule has 1 aromatic rings. The van der Waals surface area contributed by atoms with Crippen molar-refractivity contribution in [1.29, 1.82) is 0 Å². The Morgan fingerprint density at radius 3 is 2.84 bits per heavy atom. The molecule has 1 fully saturated rings. The summed E-state index contributed by atoms with van der Waals surface area (Å²) in [4.78, 5) is 15.5. The third-order valence-electron chi connectivity index (χ3n) is 3.19. The first kappa shape index (κ1) is 13.9. The van der Waals surface area contributed by atoms with E-state index in [1.165, 1.54) is 17.7 Å². The van der Waals surface area contributed by atoms with Crippen molar-refractivity contribution in [2.45, 2.75) is 31.5 Å². The maximum Gasteiger partial charge on any atom is 0.351 e. The monoisotopic (exact) mass is 271 g/mol. The van der Waals surface area contributed by atoms with E-state index in [4.69, 9.17) is 20.3 Å². The molecule has 2 rings (SSSR count). The van der Waals surface area contributed by atoms with Gasteiger partial charge in [-0.3, -0.25) is 4.57 Å². The van der Waals surface area contributed by atoms with Crippen molar-refractivity contribution < 1.29 is 19.7 Å². The van der Waals surface area contributed by atoms with Crippen LogP contribution >= 0.6 is 0 Å². The van der Waals surface area contributed by atoms with Crippen LogP contribution in [-0.2, 0) is 9.47 Å². The van der Waals surface area contributed by atoms with Gasteiger partial charge in [0.2, 0.25) is 0 Å². The van der Waals surface area contributed by atoms with E-state index in [1.807, 2.05) is 0 Å². The molecule has 1 aliphatic rings. The van der Waals surface area contributed by atoms with Crippen LogP contribution in [0.15, 0.2) is 10.9 Å². The molecule has 2 unspecified atom stereocenters. The van der Waals surface area contributed by atoms with Gasteiger partial charge in [-0.05, 0) is 13.0 Å². The maximum absolute atomic E-state index is 11.9. The lowest BCUT2D eigenvalue weighted by Crippen LogP contribution is -2.38. The third kappa shape index (κ3) is 2.35. The molecule has 106 valence electrons. The number of anilines is 1. The van der Waals surface area contributed by atoms with Gasteiger partial charge in [-0.25, -0.2) is 4.79 Å². The average Bonchev–Trinajstić information content (AvgIpc) is 2.64. The minimum atomic E-state index is -1.02. The van der Waals surface area contributed by atoms with Crippen LogP contribution in [-0.4, -0.2) is 51.8 Å². The molecule has 0 aliphatic carbocycles. The predicted molar refractivity (Wildman–Crippen MR) is 65.4 cm³/mol. The molecular weight excluding hydrogens is 254 g/mol. The second-order valence-electron chi connectivity index (χ2n) is 4.41. The van der Waals surface area contributed by atoms with Gasteiger partial charge in [-0.15, -0.1) is 0 Å². The fourth-order valence-corrected chi connectivity index (χ4v) is 2.27. The molecule has 2 heterocycles. The van der Waals surface area contributed by atoms with E-state index in [0.717, 1.165) is 0 Å². The molecular formula is C11H17N3O5. The lowest BCUT2D eigenvalue weighted by molar-refractivity contribution is -0.0634. The molecule has 0 radical (unpaired) electrons. The van der Waals surface area contributed by atoms with Gasteiger partial charge in [0.25, 0.3) is 0 Å². The van der Waals surface area contributed by atoms with Gasteiger partial charge < -0.3 is 25.4 Å². The molecule has 8 heteroatoms. The number of aromatic nitrogens is 2. The SMILES string of the molecule is COC1C(O)[C@@H](CO)O[C@H]1n1c(C)cc(N)nc1=O. The number of nitrogens with two attached hydrogens (primary N) is 1. The second kappa shape index (κ2) is 5.25. The zero-order chi connectivity index (χ0) is 14.2. The molecule has 0 saturated carbocycles. The van der Waals surface area contributed by atoms with Crippen molar-refractivity contribution in [3.05, 3.63) is 22.2 Å². The Hall–Kier alpha value is -1.48. The van der Waals surface area contributed by atoms with Crippen molar-refractivity contribution in [3.8, 4) is 0 Å². The molecule has 1 saturated heterocycles. The van der Waals surface area contributed by atoms with Gasteiger partial charge in [-0.2, -0.15) is 4.98 Å². The quantitative estimate of drug-likeness (QED) is 0.605. The summed E-state index contributed by atoms with van der Waals surface area (Å²) < 4.78 is 11.9. The number of nitrogen functional groups attached to an aromatic ring is 1. The fraction of sp³-hybridized carbons (Fsp3) is 0.636. The van der Waals surface area contributed by atoms with Crippen LogP contribution in [0.5, 0.6) is 0 Å². The van der Waals surface area contributed by atoms with Crippen LogP contribution in [0.2, 0.25) is 0 Å². The van der Waals surface area contributed by atoms with Crippen LogP contribution in [0, 0.1) is 6.92 Å². The van der Waals surface area contributed by atoms with E-state index in [9.17, 15) is 9.90 Å². The topological polar surface area (TPSA) is 120 Å². The second-order valence-corrected chi connectivity index (χ2v) is 4.41. The normalized spacial score (nSPS) is 30.7. The summed E-state index contributed by atoms with van der Waals surface area (Å²) in [5, 5.41) is 19.1. The summed E-state index contributed by atoms with van der Waals surface area (Å²) in [6, 6.07) is 1.52. The molecule has 1 aliphatic heterocycles. The van der Waals surface area contributed by atoms with Crippen molar-refractivity contribution in [2.75, 3.05) is 19.5 Å². The highest BCUT2D eigenvalue weighted by Gasteiger charge is 2.45. The van der Waals surface area contributed by atoms with E-state index in [2.05, 4.69) is 4.98 Å². The van der Waals surface area contributed by atoms with E-state index >= 15 is 0 Å². The van der Waals surface area contributed by atoms with Crippen LogP contribution in [0.1, 0.15) is 11.9 Å². The zero-order valence-corrected chi connectivity index (χ0v) is 10.7. The average molecular weight is 271 g/mol. The summed E-state index contributed by atoms with van der Waals surface area (Å²) in [6.07, 6.45) is -3.45. The largest absolute Gasteiger partial charge is 0.394 e. The first-order chi connectivity index (χ1) is 8.99. The van der Waals surface area contributed by atoms with Crippen molar-refractivity contribution in [1.82, 2.24) is 9.55 Å². The Labute approximate surface area is 109 Å². The predicted octanol–water partition coefficient (Wildman–Crippen LogP) is -1.60. The molecule has 4 atom stereocenters. The van der Waals surface area contributed by atoms with E-state index in [-0.39, 0.29) is 12.4 Å². The molecule has 0 spiro atoms. The summed E-state index contributed by atoms with van der Waals surface area (Å²) in [6.45, 7) is 1.31. The summed E-state index contributed by atoms with van der Waals surface area (Å²) in [5.41, 5.74) is 5.44. The lowest BCUT2D eigenvalue weighted by atomic mass is 10.1. The number of aryl methyl sites for hydroxylation is 1. The minimum absolute atomic E-state index is 0.116. The molecule has 0 bridgehead atoms. The lowest BCUT2D eigenvalue weighted by Gasteiger charge is -2.22. The van der Waals surface area contributed by atoms with Crippen molar-refractivity contribution >= 4 is 5.82 Å². The van der Waals surface area contributed by atoms with Crippen LogP contribution in [0.3, 0.4) is 0 Å². The first-order valence-corrected chi connectivity index (χ1v) is 5.82. The van der Waals surface area contributed by atoms with Crippen molar-refractivity contribution in [2.24, 2.45) is 0 Å². The van der Waals surface area contributed by atoms with Gasteiger partial charge in [-0.1, -0.05) is 0 Å². The highest BCUT2D eigenvalue weighted by molar-refractivity contribution is 5.28. The molecule has 0 aromatic carbocycles. The Balaban J connectivity index is 2.44. The van der Waals surface area contributed by atoms with Crippen LogP contribution < -0.4 is 11.4 Å². The van der Waals surface area contributed by atoms with E-state index in [0.29, 0.717) is 5.69 Å². The number of ether oxygens (including phenoxy) is 2. The minimum Gasteiger partial charge on any atom is -0.394 e. The van der Waals surface area contributed by atoms with Crippen LogP contribution in [0.4, 0.5) is 5.82 Å². The van der Waals surface area contributed by atoms with Gasteiger partial charge in [0.1, 0.15) is 24.1 Å². The Kier molecular flexibility index (Phi) is 3.85. The first-order valence-electron chi connectivity index (χ1n) is 5.82. The number of methoxy groups -OCH3 is 1. The third-order valence-corrected chi connectivity index (χ3v) is 3.19. The van der Waals surface area contributed by atoms with E-state index < -0.39 is 30.2 Å². The maximum atomic E-state index is 11.9. The molecule has 19 heavy (non-hydrogen) atoms. The number of hydrogen-bond acceptors (Lipinski definition) is 7. The van der Waals surface area contributed by atoms with Crippen molar-refractivity contribution in [3.63, 3.8) is 0 Å². The molecule has 4 N–H and O–H groups in total. The van der Waals surface area contributed by atoms with Crippen LogP contribution in [0.25, 0.3) is 0 Å². The Morgan fingerprint density at radius 1 is 1.63 bits per heavy atom. The summed E-state index contributed by atoms with van der Waals surface area (Å²) >= 11 is 0. The smallest absolute Gasteiger partial charge is 0.351 e. The Bertz CT molecular complexity index is 518. The van der Waals surface area contributed by atoms with Gasteiger partial charge in [0.05, 0.1) is 6.61 Å². The fourth-order valence-electron chi connectivity index (χ4n) is 2.27. The molecule has 1 aromatic heterocycles. The Morgan fingerprint density at radius 2 is 2.32 bits per heavy atom. The summed E-state index contributed by atoms with van der Waals surface area (Å²) in [5.74, 6) is 0.116. The zero-order valence-electron chi connectivity index (χ0n) is 10.7. The van der Waals surface area contributed by atoms with Gasteiger partial charge in [0, 0.05) is 12.8 Å². The van der Waals surface area contributed by atoms with Gasteiger partial charge in [0.15, 0.2) is 6.23 Å². The molecule has 0 amide bonds.